The second-order valence-corrected chi connectivity index (χ2v) is 5.60. The molecule has 0 saturated carbocycles. The number of aromatic nitrogens is 3. The van der Waals surface area contributed by atoms with Gasteiger partial charge in [0.25, 0.3) is 0 Å². The SMILES string of the molecule is CN(C)Cc1cc(CNc2nccc3nccnc23)ccc1F. The number of hydrogen-bond acceptors (Lipinski definition) is 5. The van der Waals surface area contributed by atoms with Gasteiger partial charge in [-0.3, -0.25) is 4.98 Å². The maximum absolute atomic E-state index is 13.8. The highest BCUT2D eigenvalue weighted by atomic mass is 19.1. The lowest BCUT2D eigenvalue weighted by molar-refractivity contribution is 0.392. The van der Waals surface area contributed by atoms with E-state index in [2.05, 4.69) is 20.3 Å². The van der Waals surface area contributed by atoms with Crippen LogP contribution in [0, 0.1) is 5.82 Å². The summed E-state index contributed by atoms with van der Waals surface area (Å²) in [5.74, 6) is 0.491. The summed E-state index contributed by atoms with van der Waals surface area (Å²) in [4.78, 5) is 14.8. The molecule has 0 aliphatic heterocycles. The summed E-state index contributed by atoms with van der Waals surface area (Å²) in [6.07, 6.45) is 4.99. The molecule has 1 N–H and O–H groups in total. The summed E-state index contributed by atoms with van der Waals surface area (Å²) >= 11 is 0. The summed E-state index contributed by atoms with van der Waals surface area (Å²) < 4.78 is 13.8. The zero-order valence-electron chi connectivity index (χ0n) is 13.1. The van der Waals surface area contributed by atoms with Crippen LogP contribution in [0.2, 0.25) is 0 Å². The van der Waals surface area contributed by atoms with E-state index < -0.39 is 0 Å². The molecule has 3 rings (SSSR count). The highest BCUT2D eigenvalue weighted by molar-refractivity contribution is 5.84. The van der Waals surface area contributed by atoms with E-state index in [1.807, 2.05) is 31.1 Å². The van der Waals surface area contributed by atoms with Crippen LogP contribution in [0.25, 0.3) is 11.0 Å². The van der Waals surface area contributed by atoms with Gasteiger partial charge in [0.2, 0.25) is 0 Å². The molecule has 0 saturated heterocycles. The van der Waals surface area contributed by atoms with Gasteiger partial charge in [-0.05, 0) is 37.9 Å². The van der Waals surface area contributed by atoms with Crippen molar-refractivity contribution in [1.29, 1.82) is 0 Å². The number of pyridine rings is 1. The van der Waals surface area contributed by atoms with E-state index in [0.29, 0.717) is 24.5 Å². The molecule has 0 spiro atoms. The van der Waals surface area contributed by atoms with Gasteiger partial charge >= 0.3 is 0 Å². The Hall–Kier alpha value is -2.60. The Labute approximate surface area is 134 Å². The molecule has 5 nitrogen and oxygen atoms in total. The first-order valence-electron chi connectivity index (χ1n) is 7.35. The van der Waals surface area contributed by atoms with Gasteiger partial charge in [0, 0.05) is 37.2 Å². The van der Waals surface area contributed by atoms with Crippen molar-refractivity contribution in [3.63, 3.8) is 0 Å². The van der Waals surface area contributed by atoms with Crippen molar-refractivity contribution in [2.75, 3.05) is 19.4 Å². The fourth-order valence-electron chi connectivity index (χ4n) is 2.41. The third kappa shape index (κ3) is 3.60. The van der Waals surface area contributed by atoms with E-state index in [1.165, 1.54) is 6.07 Å². The van der Waals surface area contributed by atoms with Gasteiger partial charge in [0.15, 0.2) is 5.82 Å². The first-order chi connectivity index (χ1) is 11.1. The summed E-state index contributed by atoms with van der Waals surface area (Å²) in [5.41, 5.74) is 3.19. The van der Waals surface area contributed by atoms with E-state index in [4.69, 9.17) is 0 Å². The van der Waals surface area contributed by atoms with E-state index in [9.17, 15) is 4.39 Å². The summed E-state index contributed by atoms with van der Waals surface area (Å²) in [6.45, 7) is 1.11. The average molecular weight is 311 g/mol. The minimum atomic E-state index is -0.184. The van der Waals surface area contributed by atoms with E-state index in [1.54, 1.807) is 24.7 Å². The smallest absolute Gasteiger partial charge is 0.154 e. The van der Waals surface area contributed by atoms with Crippen molar-refractivity contribution in [2.24, 2.45) is 0 Å². The number of benzene rings is 1. The second kappa shape index (κ2) is 6.66. The van der Waals surface area contributed by atoms with Crippen molar-refractivity contribution in [2.45, 2.75) is 13.1 Å². The summed E-state index contributed by atoms with van der Waals surface area (Å²) in [6, 6.07) is 6.98. The van der Waals surface area contributed by atoms with Gasteiger partial charge in [0.1, 0.15) is 11.3 Å². The van der Waals surface area contributed by atoms with E-state index in [0.717, 1.165) is 16.6 Å². The molecule has 6 heteroatoms. The van der Waals surface area contributed by atoms with Gasteiger partial charge in [-0.1, -0.05) is 6.07 Å². The van der Waals surface area contributed by atoms with Crippen LogP contribution in [-0.4, -0.2) is 33.9 Å². The first-order valence-corrected chi connectivity index (χ1v) is 7.35. The molecule has 2 heterocycles. The van der Waals surface area contributed by atoms with Crippen molar-refractivity contribution < 1.29 is 4.39 Å². The number of rotatable bonds is 5. The summed E-state index contributed by atoms with van der Waals surface area (Å²) in [5, 5.41) is 3.25. The van der Waals surface area contributed by atoms with Gasteiger partial charge in [0.05, 0.1) is 5.52 Å². The first kappa shape index (κ1) is 15.3. The third-order valence-corrected chi connectivity index (χ3v) is 3.44. The van der Waals surface area contributed by atoms with E-state index >= 15 is 0 Å². The molecule has 23 heavy (non-hydrogen) atoms. The largest absolute Gasteiger partial charge is 0.364 e. The molecule has 3 aromatic rings. The van der Waals surface area contributed by atoms with Crippen molar-refractivity contribution in [3.05, 3.63) is 59.8 Å². The molecular formula is C17H18FN5. The molecule has 2 aromatic heterocycles. The predicted octanol–water partition coefficient (Wildman–Crippen LogP) is 2.84. The molecule has 0 aliphatic rings. The Kier molecular flexibility index (Phi) is 4.43. The number of nitrogens with one attached hydrogen (secondary N) is 1. The van der Waals surface area contributed by atoms with Crippen LogP contribution in [0.3, 0.4) is 0 Å². The Morgan fingerprint density at radius 2 is 1.87 bits per heavy atom. The molecule has 1 aromatic carbocycles. The number of anilines is 1. The summed E-state index contributed by atoms with van der Waals surface area (Å²) in [7, 11) is 3.84. The molecule has 0 fully saturated rings. The van der Waals surface area contributed by atoms with Gasteiger partial charge in [-0.25, -0.2) is 14.4 Å². The quantitative estimate of drug-likeness (QED) is 0.785. The van der Waals surface area contributed by atoms with Crippen LogP contribution in [0.1, 0.15) is 11.1 Å². The van der Waals surface area contributed by atoms with Crippen LogP contribution >= 0.6 is 0 Å². The maximum atomic E-state index is 13.8. The monoisotopic (exact) mass is 311 g/mol. The average Bonchev–Trinajstić information content (AvgIpc) is 2.55. The van der Waals surface area contributed by atoms with Gasteiger partial charge in [-0.2, -0.15) is 0 Å². The van der Waals surface area contributed by atoms with Crippen LogP contribution in [-0.2, 0) is 13.1 Å². The molecule has 118 valence electrons. The molecule has 0 bridgehead atoms. The zero-order chi connectivity index (χ0) is 16.2. The minimum absolute atomic E-state index is 0.184. The van der Waals surface area contributed by atoms with Crippen LogP contribution in [0.4, 0.5) is 10.2 Å². The molecule has 0 unspecified atom stereocenters. The van der Waals surface area contributed by atoms with Crippen LogP contribution < -0.4 is 5.32 Å². The topological polar surface area (TPSA) is 53.9 Å². The Morgan fingerprint density at radius 3 is 2.70 bits per heavy atom. The van der Waals surface area contributed by atoms with Crippen LogP contribution in [0.15, 0.2) is 42.9 Å². The lowest BCUT2D eigenvalue weighted by Crippen LogP contribution is -2.12. The number of fused-ring (bicyclic) bond motifs is 1. The van der Waals surface area contributed by atoms with Crippen molar-refractivity contribution in [3.8, 4) is 0 Å². The fourth-order valence-corrected chi connectivity index (χ4v) is 2.41. The molecule has 0 amide bonds. The fraction of sp³-hybridized carbons (Fsp3) is 0.235. The van der Waals surface area contributed by atoms with Gasteiger partial charge in [-0.15, -0.1) is 0 Å². The highest BCUT2D eigenvalue weighted by Gasteiger charge is 2.07. The lowest BCUT2D eigenvalue weighted by atomic mass is 10.1. The second-order valence-electron chi connectivity index (χ2n) is 5.60. The number of halogens is 1. The Balaban J connectivity index is 1.80. The molecule has 0 aliphatic carbocycles. The molecular weight excluding hydrogens is 293 g/mol. The molecule has 0 radical (unpaired) electrons. The zero-order valence-corrected chi connectivity index (χ0v) is 13.1. The molecule has 0 atom stereocenters. The Bertz CT molecular complexity index is 814. The van der Waals surface area contributed by atoms with Gasteiger partial charge < -0.3 is 10.2 Å². The van der Waals surface area contributed by atoms with E-state index in [-0.39, 0.29) is 5.82 Å². The number of hydrogen-bond donors (Lipinski definition) is 1. The standard InChI is InChI=1S/C17H18FN5/c1-23(2)11-13-9-12(3-4-14(13)18)10-22-17-16-15(5-6-21-17)19-7-8-20-16/h3-9H,10-11H2,1-2H3,(H,21,22). The maximum Gasteiger partial charge on any atom is 0.154 e. The normalized spacial score (nSPS) is 11.1. The predicted molar refractivity (Wildman–Crippen MR) is 88.5 cm³/mol. The number of nitrogens with zero attached hydrogens (tertiary/aromatic N) is 4. The highest BCUT2D eigenvalue weighted by Crippen LogP contribution is 2.18. The van der Waals surface area contributed by atoms with Crippen molar-refractivity contribution in [1.82, 2.24) is 19.9 Å². The Morgan fingerprint density at radius 1 is 1.04 bits per heavy atom. The van der Waals surface area contributed by atoms with Crippen LogP contribution in [0.5, 0.6) is 0 Å². The minimum Gasteiger partial charge on any atom is -0.364 e. The third-order valence-electron chi connectivity index (χ3n) is 3.44. The lowest BCUT2D eigenvalue weighted by Gasteiger charge is -2.13. The van der Waals surface area contributed by atoms with Crippen molar-refractivity contribution >= 4 is 16.9 Å².